The van der Waals surface area contributed by atoms with E-state index in [1.165, 1.54) is 12.8 Å². The van der Waals surface area contributed by atoms with Crippen molar-refractivity contribution in [2.75, 3.05) is 0 Å². The normalized spacial score (nSPS) is 8.71. The third kappa shape index (κ3) is 408. The molecule has 0 amide bonds. The standard InChI is InChI=1S/C4H10.3Mg.2H3O4P/c1-3-4-2;;;;2*1-5(2,3)4/h3-4H2,1-2H3;;;;2*(H3,1,2,3,4)/q;3*+2;;/p-6. The van der Waals surface area contributed by atoms with Crippen LogP contribution in [0.15, 0.2) is 0 Å². The monoisotopic (exact) mass is 320 g/mol. The van der Waals surface area contributed by atoms with Gasteiger partial charge in [-0.05, 0) is 0 Å². The third-order valence-corrected chi connectivity index (χ3v) is 0.500. The summed E-state index contributed by atoms with van der Waals surface area (Å²) in [7, 11) is -10.8. The van der Waals surface area contributed by atoms with E-state index in [0.717, 1.165) is 0 Å². The minimum atomic E-state index is -5.39. The first-order valence-electron chi connectivity index (χ1n) is 3.37. The second kappa shape index (κ2) is 20.8. The largest absolute Gasteiger partial charge is 2.00 e. The summed E-state index contributed by atoms with van der Waals surface area (Å²) in [5.74, 6) is 0. The van der Waals surface area contributed by atoms with Crippen molar-refractivity contribution in [3.05, 3.63) is 0 Å². The van der Waals surface area contributed by atoms with E-state index in [-0.39, 0.29) is 69.2 Å². The molecule has 0 saturated heterocycles. The van der Waals surface area contributed by atoms with Crippen molar-refractivity contribution in [1.82, 2.24) is 0 Å². The Kier molecular flexibility index (Phi) is 44.9. The van der Waals surface area contributed by atoms with Crippen molar-refractivity contribution in [2.45, 2.75) is 26.7 Å². The van der Waals surface area contributed by atoms with Gasteiger partial charge < -0.3 is 38.5 Å². The first kappa shape index (κ1) is 36.6. The van der Waals surface area contributed by atoms with E-state index in [2.05, 4.69) is 13.8 Å². The van der Waals surface area contributed by atoms with Crippen LogP contribution in [0.5, 0.6) is 0 Å². The summed E-state index contributed by atoms with van der Waals surface area (Å²) in [6, 6.07) is 0. The summed E-state index contributed by atoms with van der Waals surface area (Å²) in [6.07, 6.45) is 2.64. The van der Waals surface area contributed by atoms with Crippen LogP contribution in [0.25, 0.3) is 0 Å². The van der Waals surface area contributed by atoms with Crippen LogP contribution >= 0.6 is 15.6 Å². The van der Waals surface area contributed by atoms with E-state index in [0.29, 0.717) is 0 Å². The Morgan fingerprint density at radius 3 is 0.706 bits per heavy atom. The maximum absolute atomic E-state index is 8.55. The molecule has 0 radical (unpaired) electrons. The first-order chi connectivity index (χ1) is 5.91. The quantitative estimate of drug-likeness (QED) is 0.341. The van der Waals surface area contributed by atoms with E-state index >= 15 is 0 Å². The molecule has 0 N–H and O–H groups in total. The fourth-order valence-electron chi connectivity index (χ4n) is 0. The van der Waals surface area contributed by atoms with Crippen LogP contribution in [0.3, 0.4) is 0 Å². The summed E-state index contributed by atoms with van der Waals surface area (Å²) in [4.78, 5) is 51.3. The SMILES string of the molecule is CCCC.O=P([O-])([O-])[O-].O=P([O-])([O-])[O-].[Mg+2].[Mg+2].[Mg+2]. The molecule has 0 aromatic rings. The predicted octanol–water partition coefficient (Wildman–Crippen LogP) is -4.99. The van der Waals surface area contributed by atoms with Crippen molar-refractivity contribution in [1.29, 1.82) is 0 Å². The van der Waals surface area contributed by atoms with Crippen LogP contribution in [0, 0.1) is 0 Å². The van der Waals surface area contributed by atoms with Crippen molar-refractivity contribution in [2.24, 2.45) is 0 Å². The van der Waals surface area contributed by atoms with E-state index in [4.69, 9.17) is 38.5 Å². The van der Waals surface area contributed by atoms with Crippen molar-refractivity contribution >= 4 is 84.8 Å². The summed E-state index contributed by atoms with van der Waals surface area (Å²) in [6.45, 7) is 4.36. The van der Waals surface area contributed by atoms with Gasteiger partial charge in [-0.25, -0.2) is 0 Å². The van der Waals surface area contributed by atoms with Crippen LogP contribution in [-0.4, -0.2) is 69.2 Å². The maximum atomic E-state index is 8.55. The smallest absolute Gasteiger partial charge is 0.822 e. The molecule has 13 heteroatoms. The molecule has 0 rings (SSSR count). The molecule has 0 spiro atoms. The molecule has 0 heterocycles. The Morgan fingerprint density at radius 1 is 0.647 bits per heavy atom. The van der Waals surface area contributed by atoms with Gasteiger partial charge in [0.05, 0.1) is 0 Å². The molecule has 0 atom stereocenters. The molecule has 0 aliphatic rings. The summed E-state index contributed by atoms with van der Waals surface area (Å²) in [5, 5.41) is 0. The van der Waals surface area contributed by atoms with Gasteiger partial charge >= 0.3 is 69.2 Å². The van der Waals surface area contributed by atoms with Gasteiger partial charge in [-0.2, -0.15) is 15.6 Å². The Balaban J connectivity index is -0.0000000247. The Labute approximate surface area is 149 Å². The average molecular weight is 321 g/mol. The zero-order valence-corrected chi connectivity index (χ0v) is 15.7. The van der Waals surface area contributed by atoms with Gasteiger partial charge in [0, 0.05) is 0 Å². The molecule has 0 aromatic carbocycles. The molecule has 90 valence electrons. The summed E-state index contributed by atoms with van der Waals surface area (Å²) >= 11 is 0. The number of unbranched alkanes of at least 4 members (excludes halogenated alkanes) is 1. The maximum Gasteiger partial charge on any atom is 2.00 e. The van der Waals surface area contributed by atoms with Gasteiger partial charge in [-0.3, -0.25) is 0 Å². The molecular formula is C4H10Mg3O8P2. The summed E-state index contributed by atoms with van der Waals surface area (Å²) in [5.41, 5.74) is 0. The third-order valence-electron chi connectivity index (χ3n) is 0.500. The molecule has 0 aromatic heterocycles. The molecule has 17 heavy (non-hydrogen) atoms. The molecular weight excluding hydrogens is 311 g/mol. The fourth-order valence-corrected chi connectivity index (χ4v) is 0. The van der Waals surface area contributed by atoms with Crippen LogP contribution in [0.4, 0.5) is 0 Å². The molecule has 0 bridgehead atoms. The second-order valence-electron chi connectivity index (χ2n) is 1.89. The van der Waals surface area contributed by atoms with Crippen molar-refractivity contribution in [3.8, 4) is 0 Å². The van der Waals surface area contributed by atoms with Gasteiger partial charge in [0.1, 0.15) is 0 Å². The molecule has 8 nitrogen and oxygen atoms in total. The Morgan fingerprint density at radius 2 is 0.706 bits per heavy atom. The zero-order valence-electron chi connectivity index (χ0n) is 9.70. The number of phosphoric acid groups is 2. The molecule has 0 aliphatic carbocycles. The fraction of sp³-hybridized carbons (Fsp3) is 1.00. The van der Waals surface area contributed by atoms with E-state index in [1.807, 2.05) is 0 Å². The van der Waals surface area contributed by atoms with Crippen LogP contribution in [-0.2, 0) is 9.13 Å². The van der Waals surface area contributed by atoms with Gasteiger partial charge in [0.25, 0.3) is 0 Å². The van der Waals surface area contributed by atoms with Gasteiger partial charge in [-0.15, -0.1) is 0 Å². The second-order valence-corrected chi connectivity index (χ2v) is 3.68. The van der Waals surface area contributed by atoms with Crippen molar-refractivity contribution in [3.63, 3.8) is 0 Å². The Hall–Kier alpha value is 2.52. The van der Waals surface area contributed by atoms with Gasteiger partial charge in [0.15, 0.2) is 0 Å². The minimum absolute atomic E-state index is 0. The van der Waals surface area contributed by atoms with Crippen LogP contribution < -0.4 is 29.4 Å². The molecule has 0 saturated carbocycles. The molecule has 0 aliphatic heterocycles. The number of hydrogen-bond acceptors (Lipinski definition) is 8. The van der Waals surface area contributed by atoms with Crippen LogP contribution in [0.1, 0.15) is 26.7 Å². The van der Waals surface area contributed by atoms with Gasteiger partial charge in [0.2, 0.25) is 0 Å². The number of rotatable bonds is 1. The molecule has 0 unspecified atom stereocenters. The average Bonchev–Trinajstić information content (AvgIpc) is 1.79. The van der Waals surface area contributed by atoms with E-state index in [9.17, 15) is 0 Å². The van der Waals surface area contributed by atoms with Crippen LogP contribution in [0.2, 0.25) is 0 Å². The van der Waals surface area contributed by atoms with Gasteiger partial charge in [-0.1, -0.05) is 26.7 Å². The Bertz CT molecular complexity index is 164. The number of hydrogen-bond donors (Lipinski definition) is 0. The molecule has 0 fully saturated rings. The minimum Gasteiger partial charge on any atom is -0.822 e. The predicted molar refractivity (Wildman–Crippen MR) is 53.1 cm³/mol. The van der Waals surface area contributed by atoms with Crippen molar-refractivity contribution < 1.29 is 38.5 Å². The van der Waals surface area contributed by atoms with E-state index < -0.39 is 15.6 Å². The zero-order chi connectivity index (χ0) is 12.4. The van der Waals surface area contributed by atoms with E-state index in [1.54, 1.807) is 0 Å². The topological polar surface area (TPSA) is 172 Å². The summed E-state index contributed by atoms with van der Waals surface area (Å²) < 4.78 is 17.1. The first-order valence-corrected chi connectivity index (χ1v) is 6.30.